The summed E-state index contributed by atoms with van der Waals surface area (Å²) in [5.74, 6) is 1.02. The molecule has 0 spiro atoms. The molecule has 0 aliphatic heterocycles. The van der Waals surface area contributed by atoms with E-state index >= 15 is 0 Å². The zero-order valence-electron chi connectivity index (χ0n) is 9.30. The summed E-state index contributed by atoms with van der Waals surface area (Å²) in [6.07, 6.45) is 4.78. The highest BCUT2D eigenvalue weighted by atomic mass is 35.5. The fourth-order valence-electron chi connectivity index (χ4n) is 1.33. The molecule has 88 valence electrons. The lowest BCUT2D eigenvalue weighted by molar-refractivity contribution is 0.459. The minimum atomic E-state index is -0.0576. The van der Waals surface area contributed by atoms with Crippen molar-refractivity contribution in [3.63, 3.8) is 0 Å². The third-order valence-electron chi connectivity index (χ3n) is 2.19. The first-order chi connectivity index (χ1) is 8.15. The predicted molar refractivity (Wildman–Crippen MR) is 66.2 cm³/mol. The molecule has 17 heavy (non-hydrogen) atoms. The van der Waals surface area contributed by atoms with Crippen molar-refractivity contribution in [3.05, 3.63) is 47.4 Å². The average molecular weight is 250 g/mol. The summed E-state index contributed by atoms with van der Waals surface area (Å²) in [7, 11) is 0. The van der Waals surface area contributed by atoms with Crippen LogP contribution in [0, 0.1) is 0 Å². The van der Waals surface area contributed by atoms with Gasteiger partial charge in [-0.1, -0.05) is 11.6 Å². The zero-order valence-corrected chi connectivity index (χ0v) is 10.1. The van der Waals surface area contributed by atoms with E-state index in [1.165, 1.54) is 0 Å². The maximum Gasteiger partial charge on any atom is 0.219 e. The van der Waals surface area contributed by atoms with Crippen LogP contribution in [0.4, 0.5) is 0 Å². The topological polar surface area (TPSA) is 61.0 Å². The van der Waals surface area contributed by atoms with Crippen molar-refractivity contribution in [2.24, 2.45) is 5.73 Å². The highest BCUT2D eigenvalue weighted by Crippen LogP contribution is 2.23. The molecule has 0 aliphatic rings. The number of hydrogen-bond acceptors (Lipinski definition) is 4. The number of rotatable bonds is 3. The maximum atomic E-state index is 5.81. The largest absolute Gasteiger partial charge is 0.437 e. The van der Waals surface area contributed by atoms with Gasteiger partial charge in [-0.15, -0.1) is 0 Å². The Morgan fingerprint density at radius 3 is 2.88 bits per heavy atom. The molecule has 5 heteroatoms. The Bertz CT molecular complexity index is 517. The van der Waals surface area contributed by atoms with E-state index in [2.05, 4.69) is 9.97 Å². The molecule has 0 saturated carbocycles. The number of aromatic nitrogens is 2. The quantitative estimate of drug-likeness (QED) is 0.909. The van der Waals surface area contributed by atoms with Crippen LogP contribution < -0.4 is 10.5 Å². The molecule has 2 heterocycles. The first-order valence-electron chi connectivity index (χ1n) is 5.15. The fraction of sp³-hybridized carbons (Fsp3) is 0.167. The zero-order chi connectivity index (χ0) is 12.3. The molecule has 2 N–H and O–H groups in total. The van der Waals surface area contributed by atoms with Crippen LogP contribution in [-0.2, 0) is 0 Å². The molecule has 0 radical (unpaired) electrons. The van der Waals surface area contributed by atoms with E-state index in [1.54, 1.807) is 30.7 Å². The van der Waals surface area contributed by atoms with Crippen LogP contribution in [0.5, 0.6) is 11.6 Å². The normalized spacial score (nSPS) is 12.2. The third-order valence-corrected chi connectivity index (χ3v) is 2.39. The van der Waals surface area contributed by atoms with Gasteiger partial charge in [-0.3, -0.25) is 4.98 Å². The molecule has 0 saturated heterocycles. The maximum absolute atomic E-state index is 5.81. The predicted octanol–water partition coefficient (Wildman–Crippen LogP) is 2.94. The first-order valence-corrected chi connectivity index (χ1v) is 5.53. The number of nitrogens with zero attached hydrogens (tertiary/aromatic N) is 2. The van der Waals surface area contributed by atoms with Gasteiger partial charge in [-0.2, -0.15) is 0 Å². The monoisotopic (exact) mass is 249 g/mol. The van der Waals surface area contributed by atoms with Crippen LogP contribution in [0.3, 0.4) is 0 Å². The van der Waals surface area contributed by atoms with Gasteiger partial charge >= 0.3 is 0 Å². The van der Waals surface area contributed by atoms with Gasteiger partial charge in [0.05, 0.1) is 11.2 Å². The standard InChI is InChI=1S/C12H12ClN3O/c1-8(14)9-2-3-16-12(4-9)17-11-5-10(13)6-15-7-11/h2-8H,14H2,1H3/t8-/m0/s1. The molecule has 2 aromatic rings. The van der Waals surface area contributed by atoms with E-state index in [4.69, 9.17) is 22.1 Å². The highest BCUT2D eigenvalue weighted by Gasteiger charge is 2.04. The van der Waals surface area contributed by atoms with Crippen LogP contribution in [0.15, 0.2) is 36.8 Å². The summed E-state index contributed by atoms with van der Waals surface area (Å²) < 4.78 is 5.54. The van der Waals surface area contributed by atoms with Gasteiger partial charge in [0, 0.05) is 30.6 Å². The summed E-state index contributed by atoms with van der Waals surface area (Å²) in [4.78, 5) is 8.03. The fourth-order valence-corrected chi connectivity index (χ4v) is 1.50. The Balaban J connectivity index is 2.21. The van der Waals surface area contributed by atoms with Crippen molar-refractivity contribution in [3.8, 4) is 11.6 Å². The van der Waals surface area contributed by atoms with E-state index in [9.17, 15) is 0 Å². The Kier molecular flexibility index (Phi) is 3.56. The molecule has 4 nitrogen and oxygen atoms in total. The van der Waals surface area contributed by atoms with Gasteiger partial charge in [0.25, 0.3) is 0 Å². The summed E-state index contributed by atoms with van der Waals surface area (Å²) in [5.41, 5.74) is 6.75. The van der Waals surface area contributed by atoms with Crippen LogP contribution >= 0.6 is 11.6 Å². The van der Waals surface area contributed by atoms with E-state index in [-0.39, 0.29) is 6.04 Å². The van der Waals surface area contributed by atoms with E-state index in [0.29, 0.717) is 16.7 Å². The molecule has 0 amide bonds. The van der Waals surface area contributed by atoms with Crippen molar-refractivity contribution >= 4 is 11.6 Å². The highest BCUT2D eigenvalue weighted by molar-refractivity contribution is 6.30. The Morgan fingerprint density at radius 2 is 2.18 bits per heavy atom. The molecule has 1 atom stereocenters. The van der Waals surface area contributed by atoms with Gasteiger partial charge in [0.15, 0.2) is 0 Å². The van der Waals surface area contributed by atoms with E-state index in [1.807, 2.05) is 13.0 Å². The van der Waals surface area contributed by atoms with Gasteiger partial charge in [0.2, 0.25) is 5.88 Å². The molecule has 2 aromatic heterocycles. The molecule has 0 bridgehead atoms. The summed E-state index contributed by atoms with van der Waals surface area (Å²) in [5, 5.41) is 0.519. The van der Waals surface area contributed by atoms with Crippen molar-refractivity contribution in [2.75, 3.05) is 0 Å². The molecule has 2 rings (SSSR count). The smallest absolute Gasteiger partial charge is 0.219 e. The third kappa shape index (κ3) is 3.15. The van der Waals surface area contributed by atoms with Crippen molar-refractivity contribution in [1.82, 2.24) is 9.97 Å². The summed E-state index contributed by atoms with van der Waals surface area (Å²) in [6, 6.07) is 5.27. The average Bonchev–Trinajstić information content (AvgIpc) is 2.29. The Hall–Kier alpha value is -1.65. The lowest BCUT2D eigenvalue weighted by Crippen LogP contribution is -2.05. The second kappa shape index (κ2) is 5.12. The van der Waals surface area contributed by atoms with Gasteiger partial charge in [-0.05, 0) is 18.6 Å². The lowest BCUT2D eigenvalue weighted by atomic mass is 10.1. The van der Waals surface area contributed by atoms with Crippen LogP contribution in [0.1, 0.15) is 18.5 Å². The molecular formula is C12H12ClN3O. The lowest BCUT2D eigenvalue weighted by Gasteiger charge is -2.08. The molecule has 0 unspecified atom stereocenters. The van der Waals surface area contributed by atoms with Crippen molar-refractivity contribution in [2.45, 2.75) is 13.0 Å². The Morgan fingerprint density at radius 1 is 1.35 bits per heavy atom. The second-order valence-corrected chi connectivity index (χ2v) is 4.09. The molecule has 0 aromatic carbocycles. The van der Waals surface area contributed by atoms with Crippen LogP contribution in [0.25, 0.3) is 0 Å². The van der Waals surface area contributed by atoms with Gasteiger partial charge < -0.3 is 10.5 Å². The first kappa shape index (κ1) is 11.8. The second-order valence-electron chi connectivity index (χ2n) is 3.66. The summed E-state index contributed by atoms with van der Waals surface area (Å²) >= 11 is 5.81. The minimum absolute atomic E-state index is 0.0576. The van der Waals surface area contributed by atoms with E-state index < -0.39 is 0 Å². The Labute approximate surface area is 104 Å². The number of halogens is 1. The van der Waals surface area contributed by atoms with Crippen LogP contribution in [-0.4, -0.2) is 9.97 Å². The summed E-state index contributed by atoms with van der Waals surface area (Å²) in [6.45, 7) is 1.90. The van der Waals surface area contributed by atoms with Gasteiger partial charge in [-0.25, -0.2) is 4.98 Å². The number of pyridine rings is 2. The van der Waals surface area contributed by atoms with Gasteiger partial charge in [0.1, 0.15) is 5.75 Å². The van der Waals surface area contributed by atoms with E-state index in [0.717, 1.165) is 5.56 Å². The minimum Gasteiger partial charge on any atom is -0.437 e. The van der Waals surface area contributed by atoms with Crippen LogP contribution in [0.2, 0.25) is 5.02 Å². The number of nitrogens with two attached hydrogens (primary N) is 1. The number of hydrogen-bond donors (Lipinski definition) is 1. The number of ether oxygens (including phenoxy) is 1. The van der Waals surface area contributed by atoms with Crippen molar-refractivity contribution < 1.29 is 4.74 Å². The van der Waals surface area contributed by atoms with Crippen molar-refractivity contribution in [1.29, 1.82) is 0 Å². The molecular weight excluding hydrogens is 238 g/mol. The molecule has 0 aliphatic carbocycles. The molecule has 0 fully saturated rings. The SMILES string of the molecule is C[C@H](N)c1ccnc(Oc2cncc(Cl)c2)c1.